The molecule has 1 heterocycles. The molecular weight excluding hydrogens is 527 g/mol. The van der Waals surface area contributed by atoms with Gasteiger partial charge in [-0.1, -0.05) is 72.1 Å². The number of halogens is 7. The summed E-state index contributed by atoms with van der Waals surface area (Å²) in [7, 11) is 0. The van der Waals surface area contributed by atoms with Gasteiger partial charge in [0.2, 0.25) is 0 Å². The van der Waals surface area contributed by atoms with E-state index >= 15 is 0 Å². The lowest BCUT2D eigenvalue weighted by Crippen LogP contribution is -2.24. The van der Waals surface area contributed by atoms with E-state index in [9.17, 15) is 22.4 Å². The van der Waals surface area contributed by atoms with Crippen molar-refractivity contribution in [3.8, 4) is 0 Å². The number of hydrogen-bond acceptors (Lipinski definition) is 2. The predicted octanol–water partition coefficient (Wildman–Crippen LogP) is 8.03. The van der Waals surface area contributed by atoms with Gasteiger partial charge in [0.15, 0.2) is 5.82 Å². The number of rotatable bonds is 7. The second kappa shape index (κ2) is 11.4. The molecule has 0 aliphatic rings. The number of allylic oxidation sites excluding steroid dienone is 1. The molecule has 3 rings (SSSR count). The van der Waals surface area contributed by atoms with Crippen LogP contribution in [0.2, 0.25) is 15.2 Å². The maximum absolute atomic E-state index is 13.7. The molecule has 0 bridgehead atoms. The van der Waals surface area contributed by atoms with Crippen LogP contribution in [0.3, 0.4) is 0 Å². The smallest absolute Gasteiger partial charge is 0.348 e. The van der Waals surface area contributed by atoms with Crippen LogP contribution in [0.25, 0.3) is 6.08 Å². The molecular formula is C25H19Cl3F4N2O. The predicted molar refractivity (Wildman–Crippen MR) is 130 cm³/mol. The lowest BCUT2D eigenvalue weighted by atomic mass is 9.95. The van der Waals surface area contributed by atoms with E-state index in [2.05, 4.69) is 10.3 Å². The van der Waals surface area contributed by atoms with E-state index in [-0.39, 0.29) is 23.2 Å². The summed E-state index contributed by atoms with van der Waals surface area (Å²) in [6, 6.07) is 9.99. The van der Waals surface area contributed by atoms with Crippen molar-refractivity contribution in [2.45, 2.75) is 32.0 Å². The van der Waals surface area contributed by atoms with Gasteiger partial charge in [-0.05, 0) is 47.4 Å². The fourth-order valence-electron chi connectivity index (χ4n) is 3.42. The zero-order chi connectivity index (χ0) is 25.8. The van der Waals surface area contributed by atoms with Gasteiger partial charge in [0.25, 0.3) is 5.91 Å². The number of nitrogens with zero attached hydrogens (tertiary/aromatic N) is 1. The van der Waals surface area contributed by atoms with E-state index in [0.29, 0.717) is 28.7 Å². The van der Waals surface area contributed by atoms with Crippen LogP contribution in [-0.4, -0.2) is 17.1 Å². The highest BCUT2D eigenvalue weighted by molar-refractivity contribution is 6.35. The van der Waals surface area contributed by atoms with Gasteiger partial charge >= 0.3 is 6.18 Å². The van der Waals surface area contributed by atoms with Gasteiger partial charge in [0.1, 0.15) is 5.15 Å². The van der Waals surface area contributed by atoms with E-state index in [0.717, 1.165) is 18.2 Å². The van der Waals surface area contributed by atoms with Crippen LogP contribution in [0.15, 0.2) is 54.7 Å². The summed E-state index contributed by atoms with van der Waals surface area (Å²) in [4.78, 5) is 16.7. The number of carbonyl (C=O) groups is 1. The third-order valence-corrected chi connectivity index (χ3v) is 6.12. The molecule has 0 saturated heterocycles. The Kier molecular flexibility index (Phi) is 8.80. The molecule has 10 heteroatoms. The number of pyridine rings is 1. The normalized spacial score (nSPS) is 12.7. The molecule has 184 valence electrons. The minimum Gasteiger partial charge on any atom is -0.348 e. The van der Waals surface area contributed by atoms with Crippen molar-refractivity contribution in [2.24, 2.45) is 0 Å². The summed E-state index contributed by atoms with van der Waals surface area (Å²) < 4.78 is 54.9. The molecule has 35 heavy (non-hydrogen) atoms. The molecule has 1 aromatic heterocycles. The zero-order valence-electron chi connectivity index (χ0n) is 18.3. The summed E-state index contributed by atoms with van der Waals surface area (Å²) >= 11 is 17.4. The molecule has 2 aromatic carbocycles. The Balaban J connectivity index is 1.83. The van der Waals surface area contributed by atoms with Gasteiger partial charge in [-0.3, -0.25) is 4.79 Å². The molecule has 1 unspecified atom stereocenters. The lowest BCUT2D eigenvalue weighted by molar-refractivity contribution is -0.139. The van der Waals surface area contributed by atoms with Crippen LogP contribution in [0, 0.1) is 5.82 Å². The molecule has 1 N–H and O–H groups in total. The number of aromatic nitrogens is 1. The summed E-state index contributed by atoms with van der Waals surface area (Å²) in [5, 5.41) is 2.07. The van der Waals surface area contributed by atoms with Gasteiger partial charge in [0.05, 0.1) is 16.0 Å². The standard InChI is InChI=1S/C25H19Cl3F4N2O/c1-2-15-10-14(5-7-18(15)24(35)34-13-16-4-3-9-33-23(16)28)6-8-19(25(30,31)32)17-11-20(26)22(29)21(27)12-17/h3-12,19H,2,13H2,1H3,(H,34,35). The Hall–Kier alpha value is -2.61. The lowest BCUT2D eigenvalue weighted by Gasteiger charge is -2.18. The van der Waals surface area contributed by atoms with Crippen molar-refractivity contribution in [1.82, 2.24) is 10.3 Å². The van der Waals surface area contributed by atoms with Crippen LogP contribution in [-0.2, 0) is 13.0 Å². The average molecular weight is 546 g/mol. The minimum atomic E-state index is -4.66. The first kappa shape index (κ1) is 27.0. The molecule has 0 aliphatic carbocycles. The highest BCUT2D eigenvalue weighted by Gasteiger charge is 2.39. The molecule has 1 amide bonds. The quantitative estimate of drug-likeness (QED) is 0.185. The van der Waals surface area contributed by atoms with Crippen molar-refractivity contribution in [1.29, 1.82) is 0 Å². The number of nitrogens with one attached hydrogen (secondary N) is 1. The topological polar surface area (TPSA) is 42.0 Å². The van der Waals surface area contributed by atoms with E-state index in [1.54, 1.807) is 30.3 Å². The third-order valence-electron chi connectivity index (χ3n) is 5.23. The van der Waals surface area contributed by atoms with Crippen molar-refractivity contribution < 1.29 is 22.4 Å². The zero-order valence-corrected chi connectivity index (χ0v) is 20.5. The first-order chi connectivity index (χ1) is 16.5. The Morgan fingerprint density at radius 1 is 1.09 bits per heavy atom. The van der Waals surface area contributed by atoms with E-state index < -0.39 is 28.0 Å². The van der Waals surface area contributed by atoms with E-state index in [4.69, 9.17) is 34.8 Å². The number of benzene rings is 2. The minimum absolute atomic E-state index is 0.173. The maximum Gasteiger partial charge on any atom is 0.399 e. The average Bonchev–Trinajstić information content (AvgIpc) is 2.80. The molecule has 1 atom stereocenters. The van der Waals surface area contributed by atoms with Gasteiger partial charge in [-0.15, -0.1) is 0 Å². The second-order valence-electron chi connectivity index (χ2n) is 7.58. The van der Waals surface area contributed by atoms with Crippen molar-refractivity contribution in [3.63, 3.8) is 0 Å². The Bertz CT molecular complexity index is 1240. The number of amides is 1. The second-order valence-corrected chi connectivity index (χ2v) is 8.76. The van der Waals surface area contributed by atoms with Gasteiger partial charge < -0.3 is 5.32 Å². The SMILES string of the molecule is CCc1cc(C=CC(c2cc(Cl)c(F)c(Cl)c2)C(F)(F)F)ccc1C(=O)NCc1cccnc1Cl. The largest absolute Gasteiger partial charge is 0.399 e. The van der Waals surface area contributed by atoms with Gasteiger partial charge in [-0.25, -0.2) is 9.37 Å². The summed E-state index contributed by atoms with van der Waals surface area (Å²) in [6.07, 6.45) is -0.415. The number of alkyl halides is 3. The number of hydrogen-bond donors (Lipinski definition) is 1. The van der Waals surface area contributed by atoms with Crippen molar-refractivity contribution >= 4 is 46.8 Å². The Morgan fingerprint density at radius 2 is 1.77 bits per heavy atom. The summed E-state index contributed by atoms with van der Waals surface area (Å²) in [5.74, 6) is -3.38. The van der Waals surface area contributed by atoms with Crippen LogP contribution >= 0.6 is 34.8 Å². The molecule has 0 radical (unpaired) electrons. The molecule has 0 spiro atoms. The third kappa shape index (κ3) is 6.75. The van der Waals surface area contributed by atoms with Crippen molar-refractivity contribution in [3.05, 3.63) is 104 Å². The van der Waals surface area contributed by atoms with Crippen LogP contribution in [0.4, 0.5) is 17.6 Å². The fourth-order valence-corrected chi connectivity index (χ4v) is 4.11. The Morgan fingerprint density at radius 3 is 2.37 bits per heavy atom. The van der Waals surface area contributed by atoms with E-state index in [1.165, 1.54) is 12.3 Å². The van der Waals surface area contributed by atoms with Crippen LogP contribution < -0.4 is 5.32 Å². The van der Waals surface area contributed by atoms with E-state index in [1.807, 2.05) is 6.92 Å². The first-order valence-corrected chi connectivity index (χ1v) is 11.5. The molecule has 0 aliphatic heterocycles. The van der Waals surface area contributed by atoms with Gasteiger partial charge in [0, 0.05) is 23.9 Å². The first-order valence-electron chi connectivity index (χ1n) is 10.4. The fraction of sp³-hybridized carbons (Fsp3) is 0.200. The highest BCUT2D eigenvalue weighted by Crippen LogP contribution is 2.39. The van der Waals surface area contributed by atoms with Crippen LogP contribution in [0.5, 0.6) is 0 Å². The number of carbonyl (C=O) groups excluding carboxylic acids is 1. The van der Waals surface area contributed by atoms with Crippen LogP contribution in [0.1, 0.15) is 45.5 Å². The molecule has 3 aromatic rings. The highest BCUT2D eigenvalue weighted by atomic mass is 35.5. The number of aryl methyl sites for hydroxylation is 1. The van der Waals surface area contributed by atoms with Crippen molar-refractivity contribution in [2.75, 3.05) is 0 Å². The summed E-state index contributed by atoms with van der Waals surface area (Å²) in [5.41, 5.74) is 1.87. The monoisotopic (exact) mass is 544 g/mol. The molecule has 3 nitrogen and oxygen atoms in total. The molecule has 0 fully saturated rings. The Labute approximate surface area is 214 Å². The molecule has 0 saturated carbocycles. The maximum atomic E-state index is 13.7. The summed E-state index contributed by atoms with van der Waals surface area (Å²) in [6.45, 7) is 2.00. The van der Waals surface area contributed by atoms with Gasteiger partial charge in [-0.2, -0.15) is 13.2 Å².